The number of nitrogens with zero attached hydrogens (tertiary/aromatic N) is 4. The van der Waals surface area contributed by atoms with Crippen LogP contribution in [0.15, 0.2) is 71.5 Å². The summed E-state index contributed by atoms with van der Waals surface area (Å²) in [4.78, 5) is 15.7. The van der Waals surface area contributed by atoms with Crippen LogP contribution < -0.4 is 15.4 Å². The van der Waals surface area contributed by atoms with Crippen LogP contribution in [0.25, 0.3) is 10.9 Å². The lowest BCUT2D eigenvalue weighted by Gasteiger charge is -2.44. The first-order chi connectivity index (χ1) is 18.4. The molecule has 3 heterocycles. The molecule has 2 aromatic heterocycles. The van der Waals surface area contributed by atoms with Gasteiger partial charge < -0.3 is 15.4 Å². The number of halogens is 1. The number of benzene rings is 2. The van der Waals surface area contributed by atoms with Crippen molar-refractivity contribution in [2.75, 3.05) is 35.2 Å². The number of rotatable bonds is 7. The Hall–Kier alpha value is -3.28. The molecule has 9 nitrogen and oxygen atoms in total. The molecule has 0 unspecified atom stereocenters. The fourth-order valence-electron chi connectivity index (χ4n) is 4.77. The second-order valence-electron chi connectivity index (χ2n) is 9.65. The van der Waals surface area contributed by atoms with Gasteiger partial charge in [-0.15, -0.1) is 0 Å². The van der Waals surface area contributed by atoms with Crippen molar-refractivity contribution in [2.24, 2.45) is 0 Å². The third kappa shape index (κ3) is 5.90. The highest BCUT2D eigenvalue weighted by Gasteiger charge is 2.37. The van der Waals surface area contributed by atoms with Crippen molar-refractivity contribution in [1.29, 1.82) is 0 Å². The lowest BCUT2D eigenvalue weighted by atomic mass is 9.87. The smallest absolute Gasteiger partial charge is 0.229 e. The fraction of sp³-hybridized carbons (Fsp3) is 0.296. The molecule has 0 radical (unpaired) electrons. The number of anilines is 4. The zero-order valence-corrected chi connectivity index (χ0v) is 23.0. The first kappa shape index (κ1) is 25.0. The number of hydrogen-bond donors (Lipinski definition) is 2. The third-order valence-electron chi connectivity index (χ3n) is 6.95. The average molecular weight is 596 g/mol. The second kappa shape index (κ2) is 10.5. The summed E-state index contributed by atoms with van der Waals surface area (Å²) >= 11 is 3.50. The van der Waals surface area contributed by atoms with Gasteiger partial charge in [0.2, 0.25) is 5.95 Å². The minimum Gasteiger partial charge on any atom is -0.490 e. The van der Waals surface area contributed by atoms with Gasteiger partial charge in [-0.1, -0.05) is 15.9 Å². The van der Waals surface area contributed by atoms with E-state index in [1.165, 1.54) is 0 Å². The fourth-order valence-corrected chi connectivity index (χ4v) is 6.38. The summed E-state index contributed by atoms with van der Waals surface area (Å²) in [6.07, 6.45) is 5.50. The zero-order chi connectivity index (χ0) is 26.1. The normalized spacial score (nSPS) is 21.0. The molecule has 2 fully saturated rings. The van der Waals surface area contributed by atoms with Crippen LogP contribution in [-0.4, -0.2) is 65.0 Å². The Labute approximate surface area is 229 Å². The molecule has 1 aliphatic carbocycles. The molecule has 0 amide bonds. The average Bonchev–Trinajstić information content (AvgIpc) is 2.87. The van der Waals surface area contributed by atoms with Crippen LogP contribution in [0, 0.1) is 0 Å². The van der Waals surface area contributed by atoms with Gasteiger partial charge in [0.05, 0.1) is 28.9 Å². The van der Waals surface area contributed by atoms with E-state index in [9.17, 15) is 8.42 Å². The zero-order valence-electron chi connectivity index (χ0n) is 20.5. The number of nitrogens with one attached hydrogen (secondary N) is 2. The number of pyridine rings is 1. The highest BCUT2D eigenvalue weighted by Crippen LogP contribution is 2.31. The molecule has 6 rings (SSSR count). The number of aromatic nitrogens is 3. The van der Waals surface area contributed by atoms with Crippen molar-refractivity contribution in [3.05, 3.63) is 71.5 Å². The quantitative estimate of drug-likeness (QED) is 0.308. The second-order valence-corrected chi connectivity index (χ2v) is 12.9. The Morgan fingerprint density at radius 2 is 1.71 bits per heavy atom. The molecule has 2 N–H and O–H groups in total. The van der Waals surface area contributed by atoms with Crippen molar-refractivity contribution in [2.45, 2.75) is 25.0 Å². The highest BCUT2D eigenvalue weighted by atomic mass is 79.9. The van der Waals surface area contributed by atoms with Gasteiger partial charge >= 0.3 is 0 Å². The van der Waals surface area contributed by atoms with E-state index in [2.05, 4.69) is 46.4 Å². The molecule has 4 aromatic rings. The minimum atomic E-state index is -2.84. The van der Waals surface area contributed by atoms with Gasteiger partial charge in [0.1, 0.15) is 17.7 Å². The van der Waals surface area contributed by atoms with E-state index in [4.69, 9.17) is 4.74 Å². The summed E-state index contributed by atoms with van der Waals surface area (Å²) < 4.78 is 30.4. The first-order valence-corrected chi connectivity index (χ1v) is 15.1. The standard InChI is InChI=1S/C27H27BrN6O3S/c28-19-1-6-25-18(13-19)14-21(17-30-25)31-26-7-8-29-27(33-26)32-20-2-4-23(5-3-20)37-24-15-22(16-24)34-9-11-38(35,36)12-10-34/h1-8,13-14,17,22,24H,9-12,15-16H2,(H2,29,31,32,33). The molecule has 11 heteroatoms. The predicted molar refractivity (Wildman–Crippen MR) is 152 cm³/mol. The van der Waals surface area contributed by atoms with Crippen LogP contribution in [0.4, 0.5) is 23.1 Å². The summed E-state index contributed by atoms with van der Waals surface area (Å²) in [6, 6.07) is 18.0. The summed E-state index contributed by atoms with van der Waals surface area (Å²) in [6.45, 7) is 1.27. The predicted octanol–water partition coefficient (Wildman–Crippen LogP) is 4.91. The number of hydrogen-bond acceptors (Lipinski definition) is 9. The molecule has 1 saturated carbocycles. The molecule has 2 aromatic carbocycles. The van der Waals surface area contributed by atoms with E-state index in [0.29, 0.717) is 30.9 Å². The van der Waals surface area contributed by atoms with Gasteiger partial charge in [0, 0.05) is 53.7 Å². The molecule has 1 saturated heterocycles. The van der Waals surface area contributed by atoms with E-state index in [1.54, 1.807) is 12.4 Å². The van der Waals surface area contributed by atoms with E-state index >= 15 is 0 Å². The van der Waals surface area contributed by atoms with E-state index < -0.39 is 9.84 Å². The van der Waals surface area contributed by atoms with Crippen molar-refractivity contribution in [3.8, 4) is 5.75 Å². The number of fused-ring (bicyclic) bond motifs is 1. The highest BCUT2D eigenvalue weighted by molar-refractivity contribution is 9.10. The molecule has 0 spiro atoms. The minimum absolute atomic E-state index is 0.161. The first-order valence-electron chi connectivity index (χ1n) is 12.5. The molecule has 0 atom stereocenters. The van der Waals surface area contributed by atoms with Gasteiger partial charge in [-0.25, -0.2) is 13.4 Å². The van der Waals surface area contributed by atoms with Crippen LogP contribution in [0.3, 0.4) is 0 Å². The lowest BCUT2D eigenvalue weighted by molar-refractivity contribution is 0.0212. The SMILES string of the molecule is O=S1(=O)CCN(C2CC(Oc3ccc(Nc4nccc(Nc5cnc6ccc(Br)cc6c5)n4)cc3)C2)CC1. The van der Waals surface area contributed by atoms with E-state index in [0.717, 1.165) is 45.3 Å². The molecular weight excluding hydrogens is 568 g/mol. The van der Waals surface area contributed by atoms with Crippen molar-refractivity contribution in [3.63, 3.8) is 0 Å². The van der Waals surface area contributed by atoms with Gasteiger partial charge in [0.15, 0.2) is 9.84 Å². The van der Waals surface area contributed by atoms with E-state index in [1.807, 2.05) is 54.6 Å². The molecular formula is C27H27BrN6O3S. The van der Waals surface area contributed by atoms with Crippen LogP contribution in [-0.2, 0) is 9.84 Å². The Bertz CT molecular complexity index is 1550. The van der Waals surface area contributed by atoms with E-state index in [-0.39, 0.29) is 17.6 Å². The topological polar surface area (TPSA) is 109 Å². The lowest BCUT2D eigenvalue weighted by Crippen LogP contribution is -2.53. The Morgan fingerprint density at radius 3 is 2.50 bits per heavy atom. The molecule has 196 valence electrons. The summed E-state index contributed by atoms with van der Waals surface area (Å²) in [5.74, 6) is 2.48. The Kier molecular flexibility index (Phi) is 6.89. The summed E-state index contributed by atoms with van der Waals surface area (Å²) in [5.41, 5.74) is 2.62. The monoisotopic (exact) mass is 594 g/mol. The molecule has 2 aliphatic rings. The van der Waals surface area contributed by atoms with Crippen molar-refractivity contribution >= 4 is 59.8 Å². The van der Waals surface area contributed by atoms with Gasteiger partial charge in [-0.05, 0) is 54.6 Å². The largest absolute Gasteiger partial charge is 0.490 e. The van der Waals surface area contributed by atoms with Gasteiger partial charge in [-0.3, -0.25) is 9.88 Å². The van der Waals surface area contributed by atoms with Crippen molar-refractivity contribution < 1.29 is 13.2 Å². The Morgan fingerprint density at radius 1 is 0.921 bits per heavy atom. The maximum Gasteiger partial charge on any atom is 0.229 e. The van der Waals surface area contributed by atoms with Gasteiger partial charge in [0.25, 0.3) is 0 Å². The molecule has 1 aliphatic heterocycles. The Balaban J connectivity index is 1.02. The maximum atomic E-state index is 11.6. The van der Waals surface area contributed by atoms with Crippen LogP contribution in [0.2, 0.25) is 0 Å². The number of ether oxygens (including phenoxy) is 1. The van der Waals surface area contributed by atoms with Crippen LogP contribution >= 0.6 is 15.9 Å². The summed E-state index contributed by atoms with van der Waals surface area (Å²) in [7, 11) is -2.84. The molecule has 38 heavy (non-hydrogen) atoms. The molecule has 0 bridgehead atoms. The summed E-state index contributed by atoms with van der Waals surface area (Å²) in [5, 5.41) is 7.56. The maximum absolute atomic E-state index is 11.6. The van der Waals surface area contributed by atoms with Crippen LogP contribution in [0.5, 0.6) is 5.75 Å². The number of sulfone groups is 1. The third-order valence-corrected chi connectivity index (χ3v) is 9.05. The van der Waals surface area contributed by atoms with Crippen molar-refractivity contribution in [1.82, 2.24) is 19.9 Å². The van der Waals surface area contributed by atoms with Crippen LogP contribution in [0.1, 0.15) is 12.8 Å². The van der Waals surface area contributed by atoms with Gasteiger partial charge in [-0.2, -0.15) is 4.98 Å².